The van der Waals surface area contributed by atoms with Gasteiger partial charge in [-0.15, -0.1) is 0 Å². The summed E-state index contributed by atoms with van der Waals surface area (Å²) in [6.07, 6.45) is 5.76. The maximum atomic E-state index is 6.06. The van der Waals surface area contributed by atoms with Crippen molar-refractivity contribution in [3.8, 4) is 0 Å². The average molecular weight is 222 g/mol. The molecule has 2 aliphatic rings. The second kappa shape index (κ2) is 2.70. The van der Waals surface area contributed by atoms with E-state index in [1.165, 1.54) is 11.1 Å². The van der Waals surface area contributed by atoms with Crippen LogP contribution in [-0.2, 0) is 5.41 Å². The second-order valence-electron chi connectivity index (χ2n) is 4.50. The first-order chi connectivity index (χ1) is 7.10. The molecule has 1 N–H and O–H groups in total. The van der Waals surface area contributed by atoms with Gasteiger partial charge in [0.15, 0.2) is 0 Å². The van der Waals surface area contributed by atoms with Crippen LogP contribution in [0.4, 0.5) is 0 Å². The summed E-state index contributed by atoms with van der Waals surface area (Å²) in [5, 5.41) is 3.09. The third kappa shape index (κ3) is 1.06. The van der Waals surface area contributed by atoms with E-state index in [0.29, 0.717) is 0 Å². The summed E-state index contributed by atoms with van der Waals surface area (Å²) < 4.78 is 5.52. The standard InChI is InChI=1S/C12H12ClNO/c1-12(2)8-3-4-15-11(8)7-6-14-10(13)5-9(7)12/h3-6,10,14H,1-2H3. The van der Waals surface area contributed by atoms with Crippen molar-refractivity contribution in [3.63, 3.8) is 0 Å². The highest BCUT2D eigenvalue weighted by Crippen LogP contribution is 2.50. The van der Waals surface area contributed by atoms with Crippen LogP contribution in [0.15, 0.2) is 34.6 Å². The summed E-state index contributed by atoms with van der Waals surface area (Å²) in [5.41, 5.74) is 3.52. The van der Waals surface area contributed by atoms with Crippen LogP contribution in [0.1, 0.15) is 25.2 Å². The Bertz CT molecular complexity index is 482. The highest BCUT2D eigenvalue weighted by molar-refractivity contribution is 6.22. The maximum absolute atomic E-state index is 6.06. The predicted octanol–water partition coefficient (Wildman–Crippen LogP) is 3.01. The summed E-state index contributed by atoms with van der Waals surface area (Å²) in [6.45, 7) is 4.39. The lowest BCUT2D eigenvalue weighted by Gasteiger charge is -2.24. The first-order valence-corrected chi connectivity index (χ1v) is 5.45. The van der Waals surface area contributed by atoms with E-state index in [1.54, 1.807) is 6.26 Å². The summed E-state index contributed by atoms with van der Waals surface area (Å²) in [4.78, 5) is 0. The fourth-order valence-electron chi connectivity index (χ4n) is 2.41. The van der Waals surface area contributed by atoms with Gasteiger partial charge in [-0.25, -0.2) is 0 Å². The second-order valence-corrected chi connectivity index (χ2v) is 4.97. The van der Waals surface area contributed by atoms with Gasteiger partial charge in [-0.05, 0) is 17.7 Å². The van der Waals surface area contributed by atoms with Crippen LogP contribution >= 0.6 is 11.6 Å². The molecule has 0 fully saturated rings. The monoisotopic (exact) mass is 221 g/mol. The van der Waals surface area contributed by atoms with Crippen molar-refractivity contribution in [2.75, 3.05) is 0 Å². The molecule has 0 aromatic carbocycles. The zero-order valence-corrected chi connectivity index (χ0v) is 9.43. The molecule has 1 aliphatic carbocycles. The smallest absolute Gasteiger partial charge is 0.139 e. The molecule has 0 spiro atoms. The largest absolute Gasteiger partial charge is 0.464 e. The third-order valence-electron chi connectivity index (χ3n) is 3.25. The van der Waals surface area contributed by atoms with Crippen LogP contribution in [0.25, 0.3) is 5.57 Å². The lowest BCUT2D eigenvalue weighted by atomic mass is 9.82. The molecule has 0 bridgehead atoms. The Morgan fingerprint density at radius 3 is 3.07 bits per heavy atom. The Hall–Kier alpha value is -1.15. The minimum absolute atomic E-state index is 0.00338. The van der Waals surface area contributed by atoms with Crippen molar-refractivity contribution in [3.05, 3.63) is 41.5 Å². The zero-order chi connectivity index (χ0) is 10.6. The van der Waals surface area contributed by atoms with Crippen LogP contribution in [0.5, 0.6) is 0 Å². The Labute approximate surface area is 93.6 Å². The molecule has 0 saturated heterocycles. The summed E-state index contributed by atoms with van der Waals surface area (Å²) >= 11 is 6.06. The van der Waals surface area contributed by atoms with Crippen LogP contribution in [0.3, 0.4) is 0 Å². The Kier molecular flexibility index (Phi) is 1.64. The SMILES string of the molecule is CC1(C)C2=CC(Cl)NC=C2c2occc21. The van der Waals surface area contributed by atoms with Crippen LogP contribution in [0.2, 0.25) is 0 Å². The van der Waals surface area contributed by atoms with E-state index < -0.39 is 0 Å². The van der Waals surface area contributed by atoms with Crippen LogP contribution in [0, 0.1) is 0 Å². The highest BCUT2D eigenvalue weighted by atomic mass is 35.5. The molecule has 1 unspecified atom stereocenters. The molecule has 2 nitrogen and oxygen atoms in total. The number of nitrogens with one attached hydrogen (secondary N) is 1. The van der Waals surface area contributed by atoms with Gasteiger partial charge < -0.3 is 9.73 Å². The number of furan rings is 1. The van der Waals surface area contributed by atoms with Crippen molar-refractivity contribution >= 4 is 17.2 Å². The number of hydrogen-bond acceptors (Lipinski definition) is 2. The summed E-state index contributed by atoms with van der Waals surface area (Å²) in [7, 11) is 0. The normalized spacial score (nSPS) is 26.2. The summed E-state index contributed by atoms with van der Waals surface area (Å²) in [6, 6.07) is 2.04. The number of fused-ring (bicyclic) bond motifs is 3. The van der Waals surface area contributed by atoms with Crippen molar-refractivity contribution < 1.29 is 4.42 Å². The van der Waals surface area contributed by atoms with E-state index >= 15 is 0 Å². The molecule has 1 atom stereocenters. The van der Waals surface area contributed by atoms with Gasteiger partial charge in [-0.3, -0.25) is 0 Å². The molecular formula is C12H12ClNO. The number of hydrogen-bond donors (Lipinski definition) is 1. The fraction of sp³-hybridized carbons (Fsp3) is 0.333. The Morgan fingerprint density at radius 1 is 1.47 bits per heavy atom. The molecular weight excluding hydrogens is 210 g/mol. The lowest BCUT2D eigenvalue weighted by molar-refractivity contribution is 0.550. The van der Waals surface area contributed by atoms with E-state index in [-0.39, 0.29) is 10.9 Å². The van der Waals surface area contributed by atoms with Gasteiger partial charge in [0.05, 0.1) is 6.26 Å². The van der Waals surface area contributed by atoms with Crippen molar-refractivity contribution in [2.24, 2.45) is 0 Å². The molecule has 0 saturated carbocycles. The van der Waals surface area contributed by atoms with Gasteiger partial charge in [0.25, 0.3) is 0 Å². The topological polar surface area (TPSA) is 25.2 Å². The molecule has 0 radical (unpaired) electrons. The van der Waals surface area contributed by atoms with E-state index in [4.69, 9.17) is 16.0 Å². The van der Waals surface area contributed by atoms with Gasteiger partial charge >= 0.3 is 0 Å². The van der Waals surface area contributed by atoms with Crippen molar-refractivity contribution in [2.45, 2.75) is 24.8 Å². The van der Waals surface area contributed by atoms with Gasteiger partial charge in [0.2, 0.25) is 0 Å². The molecule has 78 valence electrons. The van der Waals surface area contributed by atoms with E-state index in [9.17, 15) is 0 Å². The molecule has 15 heavy (non-hydrogen) atoms. The molecule has 3 heteroatoms. The first kappa shape index (κ1) is 9.10. The molecule has 0 amide bonds. The lowest BCUT2D eigenvalue weighted by Crippen LogP contribution is -2.24. The number of dihydropyridines is 1. The van der Waals surface area contributed by atoms with Crippen LogP contribution < -0.4 is 5.32 Å². The number of alkyl halides is 1. The zero-order valence-electron chi connectivity index (χ0n) is 8.67. The minimum Gasteiger partial charge on any atom is -0.464 e. The van der Waals surface area contributed by atoms with E-state index in [2.05, 4.69) is 25.2 Å². The van der Waals surface area contributed by atoms with Gasteiger partial charge in [-0.2, -0.15) is 0 Å². The maximum Gasteiger partial charge on any atom is 0.139 e. The Balaban J connectivity index is 2.26. The predicted molar refractivity (Wildman–Crippen MR) is 60.6 cm³/mol. The van der Waals surface area contributed by atoms with Crippen molar-refractivity contribution in [1.29, 1.82) is 0 Å². The number of rotatable bonds is 0. The number of halogens is 1. The molecule has 1 aromatic rings. The molecule has 1 aromatic heterocycles. The highest BCUT2D eigenvalue weighted by Gasteiger charge is 2.41. The number of allylic oxidation sites excluding steroid dienone is 2. The Morgan fingerprint density at radius 2 is 2.27 bits per heavy atom. The minimum atomic E-state index is -0.118. The van der Waals surface area contributed by atoms with Crippen LogP contribution in [-0.4, -0.2) is 5.50 Å². The van der Waals surface area contributed by atoms with Gasteiger partial charge in [0.1, 0.15) is 11.3 Å². The van der Waals surface area contributed by atoms with E-state index in [0.717, 1.165) is 11.3 Å². The third-order valence-corrected chi connectivity index (χ3v) is 3.50. The van der Waals surface area contributed by atoms with Gasteiger partial charge in [0, 0.05) is 22.8 Å². The molecule has 3 rings (SSSR count). The fourth-order valence-corrected chi connectivity index (χ4v) is 2.60. The molecule has 1 aliphatic heterocycles. The van der Waals surface area contributed by atoms with Crippen molar-refractivity contribution in [1.82, 2.24) is 5.32 Å². The first-order valence-electron chi connectivity index (χ1n) is 5.02. The summed E-state index contributed by atoms with van der Waals surface area (Å²) in [5.74, 6) is 0.974. The quantitative estimate of drug-likeness (QED) is 0.538. The average Bonchev–Trinajstić information content (AvgIpc) is 2.72. The van der Waals surface area contributed by atoms with E-state index in [1.807, 2.05) is 12.3 Å². The molecule has 2 heterocycles. The van der Waals surface area contributed by atoms with Gasteiger partial charge in [-0.1, -0.05) is 25.4 Å².